The molecule has 148 valence electrons. The topological polar surface area (TPSA) is 26.0 Å². The highest BCUT2D eigenvalue weighted by atomic mass is 14.7. The lowest BCUT2D eigenvalue weighted by Crippen LogP contribution is -2.20. The molecule has 0 amide bonds. The first-order valence-electron chi connectivity index (χ1n) is 10.9. The van der Waals surface area contributed by atoms with Crippen LogP contribution >= 0.6 is 0 Å². The minimum atomic E-state index is 0.0611. The van der Waals surface area contributed by atoms with E-state index in [4.69, 9.17) is 5.73 Å². The molecule has 1 aliphatic rings. The Kier molecular flexibility index (Phi) is 8.11. The van der Waals surface area contributed by atoms with Crippen LogP contribution in [0.4, 0.5) is 0 Å². The second-order valence-electron chi connectivity index (χ2n) is 8.23. The lowest BCUT2D eigenvalue weighted by atomic mass is 9.83. The molecule has 0 bridgehead atoms. The highest BCUT2D eigenvalue weighted by Crippen LogP contribution is 2.33. The van der Waals surface area contributed by atoms with E-state index in [1.54, 1.807) is 5.57 Å². The lowest BCUT2D eigenvalue weighted by molar-refractivity contribution is 0.481. The molecule has 0 aliphatic heterocycles. The zero-order valence-corrected chi connectivity index (χ0v) is 17.3. The van der Waals surface area contributed by atoms with Gasteiger partial charge in [0.25, 0.3) is 0 Å². The van der Waals surface area contributed by atoms with Crippen LogP contribution in [-0.4, -0.2) is 0 Å². The molecular weight excluding hydrogens is 338 g/mol. The summed E-state index contributed by atoms with van der Waals surface area (Å²) in [5, 5.41) is 0. The molecule has 1 heteroatoms. The Morgan fingerprint density at radius 3 is 2.04 bits per heavy atom. The Bertz CT molecular complexity index is 757. The number of hydrogen-bond acceptors (Lipinski definition) is 1. The molecule has 1 aliphatic carbocycles. The van der Waals surface area contributed by atoms with Gasteiger partial charge in [0.05, 0.1) is 0 Å². The summed E-state index contributed by atoms with van der Waals surface area (Å²) >= 11 is 0. The van der Waals surface area contributed by atoms with Gasteiger partial charge in [-0.15, -0.1) is 0 Å². The van der Waals surface area contributed by atoms with Gasteiger partial charge in [0.15, 0.2) is 0 Å². The third kappa shape index (κ3) is 6.21. The van der Waals surface area contributed by atoms with Crippen LogP contribution in [0.2, 0.25) is 0 Å². The van der Waals surface area contributed by atoms with Gasteiger partial charge in [-0.05, 0) is 50.2 Å². The molecule has 28 heavy (non-hydrogen) atoms. The van der Waals surface area contributed by atoms with Crippen molar-refractivity contribution in [3.63, 3.8) is 0 Å². The monoisotopic (exact) mass is 373 g/mol. The summed E-state index contributed by atoms with van der Waals surface area (Å²) < 4.78 is 0. The summed E-state index contributed by atoms with van der Waals surface area (Å²) in [6.45, 7) is 2.23. The molecule has 2 aromatic rings. The fraction of sp³-hybridized carbons (Fsp3) is 0.407. The predicted octanol–water partition coefficient (Wildman–Crippen LogP) is 7.48. The van der Waals surface area contributed by atoms with Crippen LogP contribution in [0.3, 0.4) is 0 Å². The summed E-state index contributed by atoms with van der Waals surface area (Å²) in [4.78, 5) is 0. The zero-order valence-electron chi connectivity index (χ0n) is 17.3. The molecule has 0 radical (unpaired) electrons. The lowest BCUT2D eigenvalue weighted by Gasteiger charge is -2.25. The maximum Gasteiger partial charge on any atom is 0.0364 e. The molecule has 2 N–H and O–H groups in total. The highest BCUT2D eigenvalue weighted by Gasteiger charge is 2.20. The normalized spacial score (nSPS) is 16.2. The molecular formula is C27H35N. The second kappa shape index (κ2) is 11.0. The van der Waals surface area contributed by atoms with Crippen LogP contribution in [0.1, 0.15) is 81.4 Å². The fourth-order valence-electron chi connectivity index (χ4n) is 4.21. The standard InChI is InChI=1S/C27H35N/c1-22-18-20-23(21-19-22)12-6-2-3-11-17-26(24-13-7-4-8-14-24)27(28)25-15-9-5-10-16-25/h4-5,7-10,13-16,18,21,26-27H,2-3,6,11-12,17,19-20,28H2,1H3/t26-,27-/m1/s1. The number of benzene rings is 2. The third-order valence-corrected chi connectivity index (χ3v) is 6.03. The Morgan fingerprint density at radius 2 is 1.39 bits per heavy atom. The largest absolute Gasteiger partial charge is 0.323 e. The van der Waals surface area contributed by atoms with E-state index in [0.717, 1.165) is 12.8 Å². The molecule has 0 heterocycles. The average Bonchev–Trinajstić information content (AvgIpc) is 2.75. The first kappa shape index (κ1) is 20.6. The molecule has 0 fully saturated rings. The smallest absolute Gasteiger partial charge is 0.0364 e. The van der Waals surface area contributed by atoms with E-state index >= 15 is 0 Å². The second-order valence-corrected chi connectivity index (χ2v) is 8.23. The van der Waals surface area contributed by atoms with E-state index in [1.807, 2.05) is 0 Å². The summed E-state index contributed by atoms with van der Waals surface area (Å²) in [6.07, 6.45) is 14.8. The minimum Gasteiger partial charge on any atom is -0.323 e. The molecule has 3 rings (SSSR count). The van der Waals surface area contributed by atoms with Gasteiger partial charge >= 0.3 is 0 Å². The number of nitrogens with two attached hydrogens (primary N) is 1. The molecule has 0 saturated heterocycles. The van der Waals surface area contributed by atoms with Crippen molar-refractivity contribution in [1.29, 1.82) is 0 Å². The number of unbranched alkanes of at least 4 members (excludes halogenated alkanes) is 3. The van der Waals surface area contributed by atoms with Gasteiger partial charge in [0.1, 0.15) is 0 Å². The van der Waals surface area contributed by atoms with Crippen LogP contribution in [0.5, 0.6) is 0 Å². The van der Waals surface area contributed by atoms with E-state index in [2.05, 4.69) is 79.7 Å². The van der Waals surface area contributed by atoms with E-state index in [9.17, 15) is 0 Å². The minimum absolute atomic E-state index is 0.0611. The van der Waals surface area contributed by atoms with Crippen LogP contribution < -0.4 is 5.73 Å². The van der Waals surface area contributed by atoms with Crippen molar-refractivity contribution < 1.29 is 0 Å². The van der Waals surface area contributed by atoms with Gasteiger partial charge < -0.3 is 5.73 Å². The fourth-order valence-corrected chi connectivity index (χ4v) is 4.21. The van der Waals surface area contributed by atoms with Gasteiger partial charge in [0, 0.05) is 12.0 Å². The van der Waals surface area contributed by atoms with Crippen molar-refractivity contribution in [3.05, 3.63) is 95.1 Å². The molecule has 0 unspecified atom stereocenters. The van der Waals surface area contributed by atoms with Gasteiger partial charge in [-0.3, -0.25) is 0 Å². The van der Waals surface area contributed by atoms with Gasteiger partial charge in [0.2, 0.25) is 0 Å². The predicted molar refractivity (Wildman–Crippen MR) is 121 cm³/mol. The Hall–Kier alpha value is -2.12. The maximum atomic E-state index is 6.71. The molecule has 2 atom stereocenters. The Morgan fingerprint density at radius 1 is 0.750 bits per heavy atom. The quantitative estimate of drug-likeness (QED) is 0.339. The van der Waals surface area contributed by atoms with Crippen LogP contribution in [-0.2, 0) is 0 Å². The Labute approximate surface area is 171 Å². The molecule has 0 spiro atoms. The molecule has 1 nitrogen and oxygen atoms in total. The third-order valence-electron chi connectivity index (χ3n) is 6.03. The average molecular weight is 374 g/mol. The van der Waals surface area contributed by atoms with Crippen LogP contribution in [0, 0.1) is 0 Å². The molecule has 0 saturated carbocycles. The Balaban J connectivity index is 1.47. The first-order valence-corrected chi connectivity index (χ1v) is 10.9. The van der Waals surface area contributed by atoms with Crippen molar-refractivity contribution in [2.24, 2.45) is 5.73 Å². The van der Waals surface area contributed by atoms with E-state index in [1.165, 1.54) is 55.2 Å². The van der Waals surface area contributed by atoms with Crippen molar-refractivity contribution in [2.45, 2.75) is 70.3 Å². The van der Waals surface area contributed by atoms with E-state index in [-0.39, 0.29) is 6.04 Å². The van der Waals surface area contributed by atoms with Crippen molar-refractivity contribution in [1.82, 2.24) is 0 Å². The SMILES string of the molecule is CC1=CCC(CCCCCC[C@H](c2ccccc2)[C@H](N)c2ccccc2)=CC1. The number of hydrogen-bond donors (Lipinski definition) is 1. The maximum absolute atomic E-state index is 6.71. The van der Waals surface area contributed by atoms with E-state index in [0.29, 0.717) is 5.92 Å². The van der Waals surface area contributed by atoms with Gasteiger partial charge in [-0.1, -0.05) is 103 Å². The highest BCUT2D eigenvalue weighted by molar-refractivity contribution is 5.27. The summed E-state index contributed by atoms with van der Waals surface area (Å²) in [5.41, 5.74) is 12.5. The summed E-state index contributed by atoms with van der Waals surface area (Å²) in [5.74, 6) is 0.387. The van der Waals surface area contributed by atoms with Crippen molar-refractivity contribution >= 4 is 0 Å². The molecule has 2 aromatic carbocycles. The summed E-state index contributed by atoms with van der Waals surface area (Å²) in [6, 6.07) is 21.5. The van der Waals surface area contributed by atoms with E-state index < -0.39 is 0 Å². The summed E-state index contributed by atoms with van der Waals surface area (Å²) in [7, 11) is 0. The molecule has 0 aromatic heterocycles. The van der Waals surface area contributed by atoms with Gasteiger partial charge in [-0.2, -0.15) is 0 Å². The van der Waals surface area contributed by atoms with Crippen molar-refractivity contribution in [2.75, 3.05) is 0 Å². The number of rotatable bonds is 10. The van der Waals surface area contributed by atoms with Crippen LogP contribution in [0.25, 0.3) is 0 Å². The van der Waals surface area contributed by atoms with Crippen LogP contribution in [0.15, 0.2) is 84.0 Å². The van der Waals surface area contributed by atoms with Gasteiger partial charge in [-0.25, -0.2) is 0 Å². The number of allylic oxidation sites excluding steroid dienone is 4. The zero-order chi connectivity index (χ0) is 19.6. The first-order chi connectivity index (χ1) is 13.7. The van der Waals surface area contributed by atoms with Crippen molar-refractivity contribution in [3.8, 4) is 0 Å².